The fourth-order valence-electron chi connectivity index (χ4n) is 1.66. The number of hydrogen-bond acceptors (Lipinski definition) is 4. The fourth-order valence-corrected chi connectivity index (χ4v) is 2.49. The maximum absolute atomic E-state index is 8.81. The zero-order chi connectivity index (χ0) is 13.0. The Bertz CT molecular complexity index is 535. The predicted octanol–water partition coefficient (Wildman–Crippen LogP) is 2.68. The summed E-state index contributed by atoms with van der Waals surface area (Å²) >= 11 is 1.67. The quantitative estimate of drug-likeness (QED) is 0.640. The van der Waals surface area contributed by atoms with Gasteiger partial charge in [-0.2, -0.15) is 5.26 Å². The van der Waals surface area contributed by atoms with Gasteiger partial charge >= 0.3 is 0 Å². The SMILES string of the molecule is CC(N)(C#N)CCCSc1nc2ccccc2[nH]1. The van der Waals surface area contributed by atoms with Gasteiger partial charge in [0.2, 0.25) is 0 Å². The number of nitrogens with one attached hydrogen (secondary N) is 1. The molecule has 0 bridgehead atoms. The molecule has 0 saturated carbocycles. The van der Waals surface area contributed by atoms with Gasteiger partial charge in [-0.25, -0.2) is 4.98 Å². The number of nitriles is 1. The molecule has 0 aliphatic rings. The maximum Gasteiger partial charge on any atom is 0.166 e. The van der Waals surface area contributed by atoms with Crippen molar-refractivity contribution in [3.63, 3.8) is 0 Å². The first-order valence-electron chi connectivity index (χ1n) is 5.88. The Kier molecular flexibility index (Phi) is 3.90. The number of thioether (sulfide) groups is 1. The third kappa shape index (κ3) is 3.25. The number of H-pyrrole nitrogens is 1. The van der Waals surface area contributed by atoms with E-state index in [2.05, 4.69) is 16.0 Å². The molecular weight excluding hydrogens is 244 g/mol. The smallest absolute Gasteiger partial charge is 0.166 e. The van der Waals surface area contributed by atoms with Crippen molar-refractivity contribution in [1.29, 1.82) is 5.26 Å². The number of rotatable bonds is 5. The number of para-hydroxylation sites is 2. The van der Waals surface area contributed by atoms with Crippen LogP contribution in [0.3, 0.4) is 0 Å². The Labute approximate surface area is 111 Å². The molecule has 0 aliphatic heterocycles. The average molecular weight is 260 g/mol. The summed E-state index contributed by atoms with van der Waals surface area (Å²) in [6, 6.07) is 10.1. The lowest BCUT2D eigenvalue weighted by Crippen LogP contribution is -2.33. The van der Waals surface area contributed by atoms with Gasteiger partial charge in [0.1, 0.15) is 5.54 Å². The molecule has 94 valence electrons. The number of imidazole rings is 1. The summed E-state index contributed by atoms with van der Waals surface area (Å²) in [5, 5.41) is 9.73. The van der Waals surface area contributed by atoms with Gasteiger partial charge in [0.15, 0.2) is 5.16 Å². The van der Waals surface area contributed by atoms with E-state index in [1.54, 1.807) is 18.7 Å². The predicted molar refractivity (Wildman–Crippen MR) is 74.3 cm³/mol. The highest BCUT2D eigenvalue weighted by atomic mass is 32.2. The molecule has 2 aromatic rings. The lowest BCUT2D eigenvalue weighted by molar-refractivity contribution is 0.540. The van der Waals surface area contributed by atoms with Crippen LogP contribution in [0, 0.1) is 11.3 Å². The molecule has 1 heterocycles. The molecule has 1 unspecified atom stereocenters. The summed E-state index contributed by atoms with van der Waals surface area (Å²) in [5.41, 5.74) is 7.09. The number of aromatic amines is 1. The molecule has 0 radical (unpaired) electrons. The van der Waals surface area contributed by atoms with Crippen molar-refractivity contribution in [2.24, 2.45) is 5.73 Å². The molecular formula is C13H16N4S. The summed E-state index contributed by atoms with van der Waals surface area (Å²) in [4.78, 5) is 7.74. The van der Waals surface area contributed by atoms with Gasteiger partial charge in [0, 0.05) is 5.75 Å². The monoisotopic (exact) mass is 260 g/mol. The number of benzene rings is 1. The molecule has 1 aromatic carbocycles. The standard InChI is InChI=1S/C13H16N4S/c1-13(15,9-14)7-4-8-18-12-16-10-5-2-3-6-11(10)17-12/h2-3,5-6H,4,7-8,15H2,1H3,(H,16,17). The third-order valence-corrected chi connectivity index (χ3v) is 3.66. The molecule has 4 nitrogen and oxygen atoms in total. The molecule has 0 saturated heterocycles. The number of aromatic nitrogens is 2. The Morgan fingerprint density at radius 2 is 2.28 bits per heavy atom. The molecule has 1 atom stereocenters. The summed E-state index contributed by atoms with van der Waals surface area (Å²) in [7, 11) is 0. The van der Waals surface area contributed by atoms with E-state index in [-0.39, 0.29) is 0 Å². The molecule has 2 rings (SSSR count). The second-order valence-corrected chi connectivity index (χ2v) is 5.62. The van der Waals surface area contributed by atoms with Gasteiger partial charge in [-0.3, -0.25) is 0 Å². The van der Waals surface area contributed by atoms with Crippen molar-refractivity contribution in [3.8, 4) is 6.07 Å². The minimum Gasteiger partial charge on any atom is -0.333 e. The fraction of sp³-hybridized carbons (Fsp3) is 0.385. The van der Waals surface area contributed by atoms with E-state index in [0.717, 1.165) is 28.4 Å². The first kappa shape index (κ1) is 12.9. The van der Waals surface area contributed by atoms with Gasteiger partial charge in [-0.1, -0.05) is 23.9 Å². The third-order valence-electron chi connectivity index (χ3n) is 2.70. The Balaban J connectivity index is 1.86. The van der Waals surface area contributed by atoms with E-state index in [1.807, 2.05) is 24.3 Å². The van der Waals surface area contributed by atoms with Crippen molar-refractivity contribution < 1.29 is 0 Å². The van der Waals surface area contributed by atoms with Crippen LogP contribution in [0.5, 0.6) is 0 Å². The molecule has 3 N–H and O–H groups in total. The second-order valence-electron chi connectivity index (χ2n) is 4.54. The Morgan fingerprint density at radius 1 is 1.50 bits per heavy atom. The van der Waals surface area contributed by atoms with Gasteiger partial charge in [0.25, 0.3) is 0 Å². The number of fused-ring (bicyclic) bond motifs is 1. The largest absolute Gasteiger partial charge is 0.333 e. The van der Waals surface area contributed by atoms with Crippen LogP contribution >= 0.6 is 11.8 Å². The summed E-state index contributed by atoms with van der Waals surface area (Å²) in [6.07, 6.45) is 1.61. The van der Waals surface area contributed by atoms with Crippen LogP contribution in [0.2, 0.25) is 0 Å². The van der Waals surface area contributed by atoms with Crippen LogP contribution in [-0.4, -0.2) is 21.3 Å². The number of nitrogens with zero attached hydrogens (tertiary/aromatic N) is 2. The van der Waals surface area contributed by atoms with Crippen molar-refractivity contribution >= 4 is 22.8 Å². The van der Waals surface area contributed by atoms with Crippen LogP contribution in [-0.2, 0) is 0 Å². The molecule has 0 spiro atoms. The average Bonchev–Trinajstić information content (AvgIpc) is 2.77. The van der Waals surface area contributed by atoms with Crippen LogP contribution in [0.15, 0.2) is 29.4 Å². The van der Waals surface area contributed by atoms with Gasteiger partial charge in [-0.05, 0) is 31.9 Å². The molecule has 18 heavy (non-hydrogen) atoms. The van der Waals surface area contributed by atoms with Crippen molar-refractivity contribution in [3.05, 3.63) is 24.3 Å². The van der Waals surface area contributed by atoms with Gasteiger partial charge in [-0.15, -0.1) is 0 Å². The van der Waals surface area contributed by atoms with Gasteiger partial charge < -0.3 is 10.7 Å². The minimum atomic E-state index is -0.714. The minimum absolute atomic E-state index is 0.705. The highest BCUT2D eigenvalue weighted by Gasteiger charge is 2.16. The molecule has 0 amide bonds. The normalized spacial score (nSPS) is 14.3. The van der Waals surface area contributed by atoms with Crippen LogP contribution in [0.1, 0.15) is 19.8 Å². The Morgan fingerprint density at radius 3 is 3.00 bits per heavy atom. The van der Waals surface area contributed by atoms with Crippen LogP contribution in [0.4, 0.5) is 0 Å². The maximum atomic E-state index is 8.81. The molecule has 0 aliphatic carbocycles. The highest BCUT2D eigenvalue weighted by molar-refractivity contribution is 7.99. The topological polar surface area (TPSA) is 78.5 Å². The van der Waals surface area contributed by atoms with E-state index in [9.17, 15) is 0 Å². The van der Waals surface area contributed by atoms with Crippen LogP contribution < -0.4 is 5.73 Å². The van der Waals surface area contributed by atoms with Crippen LogP contribution in [0.25, 0.3) is 11.0 Å². The molecule has 5 heteroatoms. The molecule has 0 fully saturated rings. The zero-order valence-electron chi connectivity index (χ0n) is 10.3. The van der Waals surface area contributed by atoms with Crippen molar-refractivity contribution in [2.75, 3.05) is 5.75 Å². The summed E-state index contributed by atoms with van der Waals surface area (Å²) in [5.74, 6) is 0.911. The van der Waals surface area contributed by atoms with Gasteiger partial charge in [0.05, 0.1) is 17.1 Å². The van der Waals surface area contributed by atoms with E-state index in [0.29, 0.717) is 6.42 Å². The first-order valence-corrected chi connectivity index (χ1v) is 6.87. The lowest BCUT2D eigenvalue weighted by atomic mass is 10.0. The van der Waals surface area contributed by atoms with Crippen molar-refractivity contribution in [2.45, 2.75) is 30.5 Å². The molecule has 1 aromatic heterocycles. The van der Waals surface area contributed by atoms with E-state index in [1.165, 1.54) is 0 Å². The highest BCUT2D eigenvalue weighted by Crippen LogP contribution is 2.21. The van der Waals surface area contributed by atoms with Crippen molar-refractivity contribution in [1.82, 2.24) is 9.97 Å². The number of hydrogen-bond donors (Lipinski definition) is 2. The Hall–Kier alpha value is -1.51. The zero-order valence-corrected chi connectivity index (χ0v) is 11.1. The van der Waals surface area contributed by atoms with E-state index >= 15 is 0 Å². The van der Waals surface area contributed by atoms with E-state index in [4.69, 9.17) is 11.0 Å². The van der Waals surface area contributed by atoms with E-state index < -0.39 is 5.54 Å². The first-order chi connectivity index (χ1) is 8.61. The number of nitrogens with two attached hydrogens (primary N) is 1. The summed E-state index contributed by atoms with van der Waals surface area (Å²) < 4.78 is 0. The lowest BCUT2D eigenvalue weighted by Gasteiger charge is -2.13. The summed E-state index contributed by atoms with van der Waals surface area (Å²) in [6.45, 7) is 1.76. The second kappa shape index (κ2) is 5.42.